The van der Waals surface area contributed by atoms with Gasteiger partial charge >= 0.3 is 0 Å². The highest BCUT2D eigenvalue weighted by Gasteiger charge is 2.06. The number of nitrogens with one attached hydrogen (secondary N) is 1. The van der Waals surface area contributed by atoms with Gasteiger partial charge in [-0.1, -0.05) is 48.5 Å². The smallest absolute Gasteiger partial charge is 0.161 e. The Morgan fingerprint density at radius 2 is 1.31 bits per heavy atom. The molecule has 0 aromatic heterocycles. The Balaban J connectivity index is 1.70. The van der Waals surface area contributed by atoms with Crippen LogP contribution < -0.4 is 5.32 Å². The van der Waals surface area contributed by atoms with E-state index in [1.54, 1.807) is 13.1 Å². The molecule has 0 radical (unpaired) electrons. The van der Waals surface area contributed by atoms with Gasteiger partial charge in [0.2, 0.25) is 0 Å². The highest BCUT2D eigenvalue weighted by atomic mass is 16.1. The van der Waals surface area contributed by atoms with Crippen LogP contribution in [0.15, 0.2) is 101 Å². The van der Waals surface area contributed by atoms with Crippen LogP contribution in [0, 0.1) is 0 Å². The summed E-state index contributed by atoms with van der Waals surface area (Å²) in [5.41, 5.74) is 3.97. The first-order chi connectivity index (χ1) is 12.7. The molecule has 0 bridgehead atoms. The fourth-order valence-electron chi connectivity index (χ4n) is 2.40. The van der Waals surface area contributed by atoms with Crippen LogP contribution in [0.2, 0.25) is 0 Å². The third-order valence-electron chi connectivity index (χ3n) is 3.75. The Morgan fingerprint density at radius 1 is 0.769 bits per heavy atom. The fourth-order valence-corrected chi connectivity index (χ4v) is 2.40. The van der Waals surface area contributed by atoms with Crippen LogP contribution in [0.25, 0.3) is 5.57 Å². The summed E-state index contributed by atoms with van der Waals surface area (Å²) in [5.74, 6) is 0.0111. The number of carbonyl (C=O) groups excluding carboxylic acids is 1. The zero-order valence-electron chi connectivity index (χ0n) is 14.5. The van der Waals surface area contributed by atoms with Crippen LogP contribution in [-0.4, -0.2) is 5.78 Å². The number of anilines is 1. The minimum Gasteiger partial charge on any atom is -0.361 e. The summed E-state index contributed by atoms with van der Waals surface area (Å²) in [6.45, 7) is 1.56. The van der Waals surface area contributed by atoms with Gasteiger partial charge in [-0.05, 0) is 48.9 Å². The third kappa shape index (κ3) is 4.74. The first-order valence-electron chi connectivity index (χ1n) is 8.32. The van der Waals surface area contributed by atoms with Crippen molar-refractivity contribution in [1.82, 2.24) is 0 Å². The molecular weight excluding hydrogens is 322 g/mol. The summed E-state index contributed by atoms with van der Waals surface area (Å²) in [4.78, 5) is 11.9. The van der Waals surface area contributed by atoms with E-state index in [4.69, 9.17) is 0 Å². The number of Topliss-reactive ketones (excluding diaryl/α,β-unsaturated/α-hetero) is 1. The van der Waals surface area contributed by atoms with Gasteiger partial charge in [-0.2, -0.15) is 10.2 Å². The minimum absolute atomic E-state index is 0.0111. The number of nitrogens with zero attached hydrogens (tertiary/aromatic N) is 2. The van der Waals surface area contributed by atoms with Crippen LogP contribution in [0.3, 0.4) is 0 Å². The molecule has 1 N–H and O–H groups in total. The third-order valence-corrected chi connectivity index (χ3v) is 3.75. The van der Waals surface area contributed by atoms with Crippen LogP contribution in [-0.2, 0) is 4.79 Å². The number of azo groups is 1. The normalized spacial score (nSPS) is 11.5. The van der Waals surface area contributed by atoms with Crippen molar-refractivity contribution in [2.75, 3.05) is 5.32 Å². The summed E-state index contributed by atoms with van der Waals surface area (Å²) >= 11 is 0. The van der Waals surface area contributed by atoms with E-state index in [1.807, 2.05) is 84.9 Å². The Labute approximate surface area is 152 Å². The average Bonchev–Trinajstić information content (AvgIpc) is 2.69. The Kier molecular flexibility index (Phi) is 5.68. The van der Waals surface area contributed by atoms with Gasteiger partial charge in [-0.15, -0.1) is 0 Å². The molecule has 0 spiro atoms. The summed E-state index contributed by atoms with van der Waals surface area (Å²) in [7, 11) is 0. The van der Waals surface area contributed by atoms with E-state index in [0.717, 1.165) is 22.6 Å². The van der Waals surface area contributed by atoms with Crippen molar-refractivity contribution < 1.29 is 4.79 Å². The van der Waals surface area contributed by atoms with E-state index in [2.05, 4.69) is 15.5 Å². The first-order valence-corrected chi connectivity index (χ1v) is 8.32. The van der Waals surface area contributed by atoms with Crippen molar-refractivity contribution in [1.29, 1.82) is 0 Å². The maximum atomic E-state index is 11.9. The van der Waals surface area contributed by atoms with Gasteiger partial charge in [-0.3, -0.25) is 4.79 Å². The summed E-state index contributed by atoms with van der Waals surface area (Å²) in [6.07, 6.45) is 1.73. The molecule has 0 saturated carbocycles. The van der Waals surface area contributed by atoms with E-state index in [1.165, 1.54) is 0 Å². The minimum atomic E-state index is 0.0111. The number of carbonyl (C=O) groups is 1. The maximum absolute atomic E-state index is 11.9. The van der Waals surface area contributed by atoms with Gasteiger partial charge in [-0.25, -0.2) is 0 Å². The second kappa shape index (κ2) is 8.53. The van der Waals surface area contributed by atoms with Gasteiger partial charge in [0.15, 0.2) is 5.78 Å². The quantitative estimate of drug-likeness (QED) is 0.432. The molecule has 0 atom stereocenters. The van der Waals surface area contributed by atoms with Crippen molar-refractivity contribution in [2.45, 2.75) is 6.92 Å². The molecule has 0 unspecified atom stereocenters. The molecule has 3 rings (SSSR count). The van der Waals surface area contributed by atoms with Crippen molar-refractivity contribution >= 4 is 28.4 Å². The van der Waals surface area contributed by atoms with E-state index in [9.17, 15) is 4.79 Å². The zero-order chi connectivity index (χ0) is 18.2. The van der Waals surface area contributed by atoms with Crippen LogP contribution in [0.1, 0.15) is 12.5 Å². The second-order valence-corrected chi connectivity index (χ2v) is 5.71. The highest BCUT2D eigenvalue weighted by Crippen LogP contribution is 2.21. The highest BCUT2D eigenvalue weighted by molar-refractivity contribution is 6.19. The molecule has 0 aliphatic rings. The molecule has 0 aliphatic carbocycles. The number of hydrogen-bond donors (Lipinski definition) is 1. The Bertz CT molecular complexity index is 915. The van der Waals surface area contributed by atoms with E-state index in [-0.39, 0.29) is 5.78 Å². The first kappa shape index (κ1) is 17.3. The topological polar surface area (TPSA) is 53.8 Å². The Morgan fingerprint density at radius 3 is 1.88 bits per heavy atom. The summed E-state index contributed by atoms with van der Waals surface area (Å²) < 4.78 is 0. The predicted molar refractivity (Wildman–Crippen MR) is 106 cm³/mol. The standard InChI is InChI=1S/C22H19N3O/c1-17(26)22(18-8-4-2-5-9-18)16-23-19-12-14-21(15-13-19)25-24-20-10-6-3-7-11-20/h2-16,23H,1H3/b22-16+,25-24?. The molecular formula is C22H19N3O. The molecule has 3 aromatic carbocycles. The molecule has 3 aromatic rings. The summed E-state index contributed by atoms with van der Waals surface area (Å²) in [5, 5.41) is 11.6. The molecule has 4 nitrogen and oxygen atoms in total. The number of allylic oxidation sites excluding steroid dienone is 1. The lowest BCUT2D eigenvalue weighted by Crippen LogP contribution is -1.99. The number of benzene rings is 3. The summed E-state index contributed by atoms with van der Waals surface area (Å²) in [6, 6.07) is 26.7. The lowest BCUT2D eigenvalue weighted by Gasteiger charge is -2.06. The van der Waals surface area contributed by atoms with Gasteiger partial charge < -0.3 is 5.32 Å². The van der Waals surface area contributed by atoms with E-state index < -0.39 is 0 Å². The van der Waals surface area contributed by atoms with Gasteiger partial charge in [0.1, 0.15) is 0 Å². The lowest BCUT2D eigenvalue weighted by molar-refractivity contribution is -0.111. The van der Waals surface area contributed by atoms with E-state index in [0.29, 0.717) is 5.57 Å². The molecule has 0 amide bonds. The number of ketones is 1. The second-order valence-electron chi connectivity index (χ2n) is 5.71. The number of hydrogen-bond acceptors (Lipinski definition) is 4. The monoisotopic (exact) mass is 341 g/mol. The molecule has 4 heteroatoms. The molecule has 0 fully saturated rings. The van der Waals surface area contributed by atoms with Crippen molar-refractivity contribution in [3.8, 4) is 0 Å². The average molecular weight is 341 g/mol. The molecule has 0 heterocycles. The van der Waals surface area contributed by atoms with Gasteiger partial charge in [0, 0.05) is 17.5 Å². The number of rotatable bonds is 6. The largest absolute Gasteiger partial charge is 0.361 e. The zero-order valence-corrected chi connectivity index (χ0v) is 14.5. The Hall–Kier alpha value is -3.53. The molecule has 0 aliphatic heterocycles. The van der Waals surface area contributed by atoms with Crippen molar-refractivity contribution in [3.63, 3.8) is 0 Å². The fraction of sp³-hybridized carbons (Fsp3) is 0.0455. The maximum Gasteiger partial charge on any atom is 0.161 e. The van der Waals surface area contributed by atoms with E-state index >= 15 is 0 Å². The molecule has 0 saturated heterocycles. The van der Waals surface area contributed by atoms with Crippen LogP contribution in [0.5, 0.6) is 0 Å². The lowest BCUT2D eigenvalue weighted by atomic mass is 10.0. The van der Waals surface area contributed by atoms with Gasteiger partial charge in [0.05, 0.1) is 11.4 Å². The van der Waals surface area contributed by atoms with Crippen LogP contribution in [0.4, 0.5) is 17.1 Å². The van der Waals surface area contributed by atoms with Gasteiger partial charge in [0.25, 0.3) is 0 Å². The SMILES string of the molecule is CC(=O)/C(=C\Nc1ccc(N=Nc2ccccc2)cc1)c1ccccc1. The predicted octanol–water partition coefficient (Wildman–Crippen LogP) is 6.14. The van der Waals surface area contributed by atoms with Crippen molar-refractivity contribution in [2.24, 2.45) is 10.2 Å². The van der Waals surface area contributed by atoms with Crippen molar-refractivity contribution in [3.05, 3.63) is 96.7 Å². The molecule has 26 heavy (non-hydrogen) atoms. The van der Waals surface area contributed by atoms with Crippen LogP contribution >= 0.6 is 0 Å². The molecule has 128 valence electrons.